The second kappa shape index (κ2) is 11.8. The van der Waals surface area contributed by atoms with Gasteiger partial charge in [-0.1, -0.05) is 6.07 Å². The Kier molecular flexibility index (Phi) is 11.3. The fraction of sp³-hybridized carbons (Fsp3) is 0.364. The summed E-state index contributed by atoms with van der Waals surface area (Å²) in [4.78, 5) is 26.8. The quantitative estimate of drug-likeness (QED) is 0.580. The molecule has 9 heteroatoms. The molecule has 2 N–H and O–H groups in total. The van der Waals surface area contributed by atoms with Crippen LogP contribution in [0.25, 0.3) is 10.6 Å². The molecule has 0 unspecified atom stereocenters. The third-order valence-corrected chi connectivity index (χ3v) is 1.90. The molecule has 0 radical (unpaired) electrons. The van der Waals surface area contributed by atoms with Gasteiger partial charge in [0.25, 0.3) is 0 Å². The summed E-state index contributed by atoms with van der Waals surface area (Å²) in [6.07, 6.45) is 0. The number of aromatic nitrogens is 1. The van der Waals surface area contributed by atoms with E-state index in [0.29, 0.717) is 0 Å². The molecule has 1 aromatic heterocycles. The van der Waals surface area contributed by atoms with Crippen molar-refractivity contribution in [2.75, 3.05) is 26.3 Å². The van der Waals surface area contributed by atoms with E-state index < -0.39 is 11.8 Å². The molecule has 0 fully saturated rings. The van der Waals surface area contributed by atoms with Gasteiger partial charge in [-0.15, -0.1) is 13.1 Å². The van der Waals surface area contributed by atoms with E-state index in [1.165, 1.54) is 18.2 Å². The van der Waals surface area contributed by atoms with Gasteiger partial charge in [0.1, 0.15) is 11.8 Å². The van der Waals surface area contributed by atoms with Crippen LogP contribution in [0, 0.1) is 0 Å². The van der Waals surface area contributed by atoms with Crippen LogP contribution in [0.1, 0.15) is 21.0 Å². The van der Waals surface area contributed by atoms with E-state index in [4.69, 9.17) is 10.2 Å². The van der Waals surface area contributed by atoms with Crippen molar-refractivity contribution >= 4 is 21.0 Å². The summed E-state index contributed by atoms with van der Waals surface area (Å²) in [5, 5.41) is 24.2. The third kappa shape index (κ3) is 6.99. The van der Waals surface area contributed by atoms with E-state index >= 15 is 0 Å². The number of hydrogen-bond donors (Lipinski definition) is 2. The van der Waals surface area contributed by atoms with Gasteiger partial charge in [-0.05, 0) is 12.1 Å². The van der Waals surface area contributed by atoms with Crippen LogP contribution >= 0.6 is 9.19 Å². The van der Waals surface area contributed by atoms with Gasteiger partial charge in [-0.25, -0.2) is 4.98 Å². The van der Waals surface area contributed by atoms with Crippen molar-refractivity contribution in [3.8, 4) is 0 Å². The number of amides is 2. The number of aliphatic hydroxyl groups excluding tert-OH is 2. The molecule has 2 amide bonds. The Morgan fingerprint density at radius 1 is 1.05 bits per heavy atom. The minimum atomic E-state index is -0.596. The second-order valence-electron chi connectivity index (χ2n) is 3.23. The minimum absolute atomic E-state index is 0.00637. The van der Waals surface area contributed by atoms with E-state index in [0.717, 1.165) is 0 Å². The van der Waals surface area contributed by atoms with Crippen LogP contribution in [-0.2, 0) is 20.0 Å². The van der Waals surface area contributed by atoms with Gasteiger partial charge in [-0.3, -0.25) is 0 Å². The number of nitrogens with zero attached hydrogens (tertiary/aromatic N) is 3. The van der Waals surface area contributed by atoms with E-state index in [2.05, 4.69) is 24.8 Å². The fourth-order valence-electron chi connectivity index (χ4n) is 1.14. The summed E-state index contributed by atoms with van der Waals surface area (Å²) in [6, 6.07) is 4.34. The third-order valence-electron chi connectivity index (χ3n) is 1.90. The monoisotopic (exact) mass is 483 g/mol. The summed E-state index contributed by atoms with van der Waals surface area (Å²) in [7, 11) is 4.58. The van der Waals surface area contributed by atoms with E-state index in [-0.39, 0.29) is 37.7 Å². The Labute approximate surface area is 132 Å². The number of hydrogen-bond acceptors (Lipinski definition) is 5. The molecule has 7 nitrogen and oxygen atoms in total. The predicted octanol–water partition coefficient (Wildman–Crippen LogP) is 0.781. The first-order valence-electron chi connectivity index (χ1n) is 5.43. The van der Waals surface area contributed by atoms with Crippen LogP contribution in [0.3, 0.4) is 0 Å². The molecule has 0 saturated heterocycles. The molecular weight excluding hydrogens is 471 g/mol. The Bertz CT molecular complexity index is 399. The molecule has 0 spiro atoms. The van der Waals surface area contributed by atoms with Crippen molar-refractivity contribution in [3.63, 3.8) is 0 Å². The van der Waals surface area contributed by atoms with Crippen LogP contribution in [0.4, 0.5) is 0 Å². The fourth-order valence-corrected chi connectivity index (χ4v) is 1.14. The Hall–Kier alpha value is -0.960. The zero-order chi connectivity index (χ0) is 15.4. The molecule has 0 aliphatic carbocycles. The molecule has 1 rings (SSSR count). The van der Waals surface area contributed by atoms with Gasteiger partial charge in [0.15, 0.2) is 0 Å². The van der Waals surface area contributed by atoms with E-state index in [1.807, 2.05) is 0 Å². The van der Waals surface area contributed by atoms with Crippen molar-refractivity contribution in [3.05, 3.63) is 40.2 Å². The molecule has 1 heterocycles. The van der Waals surface area contributed by atoms with Gasteiger partial charge < -0.3 is 30.4 Å². The van der Waals surface area contributed by atoms with Crippen molar-refractivity contribution in [2.45, 2.75) is 0 Å². The number of carbonyl (C=O) groups excluding carboxylic acids is 2. The molecule has 116 valence electrons. The van der Waals surface area contributed by atoms with Gasteiger partial charge in [0, 0.05) is 13.2 Å². The Balaban J connectivity index is 0.00000172. The maximum atomic E-state index is 11.5. The van der Waals surface area contributed by atoms with Crippen molar-refractivity contribution in [1.82, 2.24) is 4.98 Å². The summed E-state index contributed by atoms with van der Waals surface area (Å²) in [6.45, 7) is -0.465. The molecule has 1 aromatic rings. The summed E-state index contributed by atoms with van der Waals surface area (Å²) in [5.74, 6) is -1.19. The summed E-state index contributed by atoms with van der Waals surface area (Å²) < 4.78 is 0. The van der Waals surface area contributed by atoms with Crippen LogP contribution in [-0.4, -0.2) is 53.3 Å². The van der Waals surface area contributed by atoms with Crippen LogP contribution in [0.5, 0.6) is 0 Å². The molecule has 0 saturated carbocycles. The molecule has 0 aliphatic rings. The molecule has 20 heavy (non-hydrogen) atoms. The average Bonchev–Trinajstić information content (AvgIpc) is 2.52. The Morgan fingerprint density at radius 2 is 1.45 bits per heavy atom. The number of rotatable bonds is 6. The maximum absolute atomic E-state index is 11.5. The molecule has 0 atom stereocenters. The summed E-state index contributed by atoms with van der Waals surface area (Å²) >= 11 is 1.75. The van der Waals surface area contributed by atoms with Crippen molar-refractivity contribution in [1.29, 1.82) is 0 Å². The number of aliphatic hydroxyl groups is 2. The van der Waals surface area contributed by atoms with Crippen LogP contribution < -0.4 is 0 Å². The van der Waals surface area contributed by atoms with Crippen LogP contribution in [0.15, 0.2) is 18.2 Å². The molecule has 0 bridgehead atoms. The number of pyridine rings is 1. The van der Waals surface area contributed by atoms with Crippen LogP contribution in [0.2, 0.25) is 0 Å². The molecular formula is C11H13AuClN3O4-2. The summed E-state index contributed by atoms with van der Waals surface area (Å²) in [5.41, 5.74) is 0.0435. The van der Waals surface area contributed by atoms with Gasteiger partial charge in [-0.2, -0.15) is 0 Å². The molecule has 0 aromatic carbocycles. The topological polar surface area (TPSA) is 116 Å². The SMILES string of the molecule is O=C([N-]CCO)c1cccc(C(=O)[N-]CCO)n1.[Cl][Au]. The normalized spacial score (nSPS) is 9.25. The molecule has 0 aliphatic heterocycles. The van der Waals surface area contributed by atoms with Gasteiger partial charge in [0.05, 0.1) is 11.4 Å². The van der Waals surface area contributed by atoms with E-state index in [9.17, 15) is 9.59 Å². The first-order valence-corrected chi connectivity index (χ1v) is 8.11. The zero-order valence-electron chi connectivity index (χ0n) is 10.3. The predicted molar refractivity (Wildman–Crippen MR) is 69.4 cm³/mol. The van der Waals surface area contributed by atoms with Gasteiger partial charge in [0.2, 0.25) is 0 Å². The number of carbonyl (C=O) groups is 2. The average molecular weight is 484 g/mol. The first-order chi connectivity index (χ1) is 9.69. The van der Waals surface area contributed by atoms with Crippen molar-refractivity contribution in [2.24, 2.45) is 0 Å². The van der Waals surface area contributed by atoms with Crippen molar-refractivity contribution < 1.29 is 39.8 Å². The number of halogens is 1. The standard InChI is InChI=1S/C11H15N3O4.Au.ClH/c15-6-4-12-10(17)8-2-1-3-9(14-8)11(18)13-5-7-16;;/h1-3,15-16H,4-7H2,(H2,12,13,17,18);;1H/q;+1;/p-3. The van der Waals surface area contributed by atoms with Gasteiger partial charge >= 0.3 is 29.2 Å². The van der Waals surface area contributed by atoms with E-state index in [1.54, 1.807) is 20.0 Å². The Morgan fingerprint density at radius 3 is 1.80 bits per heavy atom. The first kappa shape index (κ1) is 19.0. The zero-order valence-corrected chi connectivity index (χ0v) is 13.2. The second-order valence-corrected chi connectivity index (χ2v) is 3.23.